The van der Waals surface area contributed by atoms with E-state index in [9.17, 15) is 0 Å². The first-order valence-electron chi connectivity index (χ1n) is 6.19. The van der Waals surface area contributed by atoms with E-state index in [0.29, 0.717) is 0 Å². The molecule has 0 N–H and O–H groups in total. The molecule has 0 aliphatic carbocycles. The smallest absolute Gasteiger partial charge is 0.0957 e. The molecule has 0 fully saturated rings. The zero-order valence-electron chi connectivity index (χ0n) is 10.8. The first-order valence-corrected chi connectivity index (χ1v) is 8.26. The van der Waals surface area contributed by atoms with Gasteiger partial charge in [-0.3, -0.25) is 0 Å². The molecule has 98 valence electrons. The lowest BCUT2D eigenvalue weighted by atomic mass is 10.2. The largest absolute Gasteiger partial charge is 0.241 e. The Kier molecular flexibility index (Phi) is 3.61. The Bertz CT molecular complexity index is 661. The zero-order valence-corrected chi connectivity index (χ0v) is 13.2. The summed E-state index contributed by atoms with van der Waals surface area (Å²) in [5.41, 5.74) is 2.40. The van der Waals surface area contributed by atoms with E-state index < -0.39 is 0 Å². The fourth-order valence-electron chi connectivity index (χ4n) is 2.02. The van der Waals surface area contributed by atoms with Crippen LogP contribution in [-0.4, -0.2) is 4.98 Å². The molecule has 3 rings (SSSR count). The number of aryl methyl sites for hydroxylation is 2. The van der Waals surface area contributed by atoms with Crippen molar-refractivity contribution in [3.05, 3.63) is 50.7 Å². The number of aromatic nitrogens is 1. The number of thiazole rings is 1. The van der Waals surface area contributed by atoms with Gasteiger partial charge in [0.1, 0.15) is 0 Å². The molecule has 0 aliphatic heterocycles. The molecule has 19 heavy (non-hydrogen) atoms. The van der Waals surface area contributed by atoms with Crippen molar-refractivity contribution in [1.29, 1.82) is 0 Å². The Morgan fingerprint density at radius 3 is 2.68 bits per heavy atom. The number of hydrogen-bond donors (Lipinski definition) is 0. The van der Waals surface area contributed by atoms with Crippen molar-refractivity contribution in [3.8, 4) is 0 Å². The molecule has 0 amide bonds. The SMILES string of the molecule is Cc1cc(C(Cl)Cc2nc3ccccc3s2)sc1C. The van der Waals surface area contributed by atoms with Gasteiger partial charge in [-0.25, -0.2) is 4.98 Å². The molecule has 3 aromatic rings. The van der Waals surface area contributed by atoms with Gasteiger partial charge in [0.15, 0.2) is 0 Å². The maximum absolute atomic E-state index is 6.53. The van der Waals surface area contributed by atoms with Gasteiger partial charge in [0.25, 0.3) is 0 Å². The highest BCUT2D eigenvalue weighted by molar-refractivity contribution is 7.18. The molecule has 0 saturated heterocycles. The van der Waals surface area contributed by atoms with Crippen LogP contribution in [0.25, 0.3) is 10.2 Å². The second kappa shape index (κ2) is 5.23. The summed E-state index contributed by atoms with van der Waals surface area (Å²) in [6.07, 6.45) is 0.806. The Hall–Kier alpha value is -0.900. The Morgan fingerprint density at radius 2 is 2.00 bits per heavy atom. The molecule has 0 saturated carbocycles. The van der Waals surface area contributed by atoms with E-state index in [0.717, 1.165) is 16.9 Å². The fraction of sp³-hybridized carbons (Fsp3) is 0.267. The number of nitrogens with zero attached hydrogens (tertiary/aromatic N) is 1. The molecule has 1 unspecified atom stereocenters. The van der Waals surface area contributed by atoms with Crippen LogP contribution in [0.2, 0.25) is 0 Å². The van der Waals surface area contributed by atoms with E-state index in [1.807, 2.05) is 6.07 Å². The second-order valence-electron chi connectivity index (χ2n) is 4.63. The van der Waals surface area contributed by atoms with Crippen LogP contribution in [0.5, 0.6) is 0 Å². The van der Waals surface area contributed by atoms with Gasteiger partial charge < -0.3 is 0 Å². The summed E-state index contributed by atoms with van der Waals surface area (Å²) in [4.78, 5) is 7.24. The molecule has 1 atom stereocenters. The Balaban J connectivity index is 1.84. The number of para-hydroxylation sites is 1. The standard InChI is InChI=1S/C15H14ClNS2/c1-9-7-14(18-10(9)2)11(16)8-15-17-12-5-3-4-6-13(12)19-15/h3-7,11H,8H2,1-2H3. The summed E-state index contributed by atoms with van der Waals surface area (Å²) in [7, 11) is 0. The number of thiophene rings is 1. The summed E-state index contributed by atoms with van der Waals surface area (Å²) in [6, 6.07) is 10.4. The maximum Gasteiger partial charge on any atom is 0.0957 e. The first-order chi connectivity index (χ1) is 9.13. The summed E-state index contributed by atoms with van der Waals surface area (Å²) < 4.78 is 1.24. The van der Waals surface area contributed by atoms with E-state index in [2.05, 4.69) is 43.1 Å². The van der Waals surface area contributed by atoms with Gasteiger partial charge in [-0.05, 0) is 37.6 Å². The topological polar surface area (TPSA) is 12.9 Å². The van der Waals surface area contributed by atoms with Crippen LogP contribution in [0, 0.1) is 13.8 Å². The van der Waals surface area contributed by atoms with Gasteiger partial charge in [-0.2, -0.15) is 0 Å². The Morgan fingerprint density at radius 1 is 1.21 bits per heavy atom. The van der Waals surface area contributed by atoms with Crippen LogP contribution >= 0.6 is 34.3 Å². The summed E-state index contributed by atoms with van der Waals surface area (Å²) >= 11 is 10.1. The van der Waals surface area contributed by atoms with Gasteiger partial charge >= 0.3 is 0 Å². The summed E-state index contributed by atoms with van der Waals surface area (Å²) in [5, 5.41) is 1.14. The molecular formula is C15H14ClNS2. The molecule has 4 heteroatoms. The van der Waals surface area contributed by atoms with Crippen LogP contribution in [-0.2, 0) is 6.42 Å². The normalized spacial score (nSPS) is 13.0. The summed E-state index contributed by atoms with van der Waals surface area (Å²) in [5.74, 6) is 0. The van der Waals surface area contributed by atoms with Crippen molar-refractivity contribution < 1.29 is 0 Å². The van der Waals surface area contributed by atoms with Crippen LogP contribution in [0.15, 0.2) is 30.3 Å². The number of hydrogen-bond acceptors (Lipinski definition) is 3. The molecule has 0 spiro atoms. The third-order valence-electron chi connectivity index (χ3n) is 3.19. The highest BCUT2D eigenvalue weighted by atomic mass is 35.5. The van der Waals surface area contributed by atoms with Crippen LogP contribution in [0.4, 0.5) is 0 Å². The average Bonchev–Trinajstić information content (AvgIpc) is 2.93. The van der Waals surface area contributed by atoms with Crippen LogP contribution in [0.3, 0.4) is 0 Å². The van der Waals surface area contributed by atoms with E-state index in [-0.39, 0.29) is 5.38 Å². The van der Waals surface area contributed by atoms with Crippen molar-refractivity contribution in [2.75, 3.05) is 0 Å². The Labute approximate surface area is 125 Å². The lowest BCUT2D eigenvalue weighted by Gasteiger charge is -2.03. The highest BCUT2D eigenvalue weighted by Gasteiger charge is 2.15. The van der Waals surface area contributed by atoms with Crippen molar-refractivity contribution >= 4 is 44.5 Å². The molecule has 2 aromatic heterocycles. The van der Waals surface area contributed by atoms with Crippen molar-refractivity contribution in [1.82, 2.24) is 4.98 Å². The third kappa shape index (κ3) is 2.69. The molecule has 2 heterocycles. The van der Waals surface area contributed by atoms with Gasteiger partial charge in [0.05, 0.1) is 20.6 Å². The number of rotatable bonds is 3. The lowest BCUT2D eigenvalue weighted by Crippen LogP contribution is -1.92. The van der Waals surface area contributed by atoms with E-state index >= 15 is 0 Å². The summed E-state index contributed by atoms with van der Waals surface area (Å²) in [6.45, 7) is 4.28. The van der Waals surface area contributed by atoms with Gasteiger partial charge in [-0.1, -0.05) is 12.1 Å². The van der Waals surface area contributed by atoms with E-state index in [1.165, 1.54) is 20.0 Å². The molecular weight excluding hydrogens is 294 g/mol. The maximum atomic E-state index is 6.53. The third-order valence-corrected chi connectivity index (χ3v) is 6.03. The van der Waals surface area contributed by atoms with Gasteiger partial charge in [0, 0.05) is 16.2 Å². The molecule has 0 radical (unpaired) electrons. The average molecular weight is 308 g/mol. The number of halogens is 1. The van der Waals surface area contributed by atoms with Crippen LogP contribution < -0.4 is 0 Å². The highest BCUT2D eigenvalue weighted by Crippen LogP contribution is 2.34. The van der Waals surface area contributed by atoms with Crippen molar-refractivity contribution in [2.45, 2.75) is 25.6 Å². The van der Waals surface area contributed by atoms with Crippen LogP contribution in [0.1, 0.15) is 25.7 Å². The number of fused-ring (bicyclic) bond motifs is 1. The lowest BCUT2D eigenvalue weighted by molar-refractivity contribution is 0.929. The van der Waals surface area contributed by atoms with Gasteiger partial charge in [-0.15, -0.1) is 34.3 Å². The molecule has 1 aromatic carbocycles. The van der Waals surface area contributed by atoms with E-state index in [4.69, 9.17) is 11.6 Å². The van der Waals surface area contributed by atoms with E-state index in [1.54, 1.807) is 22.7 Å². The molecule has 0 bridgehead atoms. The fourth-order valence-corrected chi connectivity index (χ4v) is 4.48. The minimum absolute atomic E-state index is 0.0259. The monoisotopic (exact) mass is 307 g/mol. The van der Waals surface area contributed by atoms with Crippen molar-refractivity contribution in [3.63, 3.8) is 0 Å². The second-order valence-corrected chi connectivity index (χ2v) is 7.56. The first kappa shape index (κ1) is 13.1. The number of alkyl halides is 1. The predicted molar refractivity (Wildman–Crippen MR) is 85.7 cm³/mol. The molecule has 0 aliphatic rings. The van der Waals surface area contributed by atoms with Gasteiger partial charge in [0.2, 0.25) is 0 Å². The zero-order chi connectivity index (χ0) is 13.4. The minimum Gasteiger partial charge on any atom is -0.241 e. The minimum atomic E-state index is 0.0259. The van der Waals surface area contributed by atoms with Crippen molar-refractivity contribution in [2.24, 2.45) is 0 Å². The molecule has 1 nitrogen and oxygen atoms in total. The quantitative estimate of drug-likeness (QED) is 0.582. The number of benzene rings is 1. The predicted octanol–water partition coefficient (Wildman–Crippen LogP) is 5.50.